The summed E-state index contributed by atoms with van der Waals surface area (Å²) in [7, 11) is 1.43. The fourth-order valence-electron chi connectivity index (χ4n) is 4.46. The van der Waals surface area contributed by atoms with Crippen LogP contribution < -0.4 is 21.3 Å². The van der Waals surface area contributed by atoms with Crippen LogP contribution in [0.25, 0.3) is 22.3 Å². The zero-order valence-corrected chi connectivity index (χ0v) is 19.9. The van der Waals surface area contributed by atoms with E-state index < -0.39 is 23.2 Å². The van der Waals surface area contributed by atoms with Gasteiger partial charge >= 0.3 is 6.18 Å². The minimum absolute atomic E-state index is 0.00561. The molecule has 1 saturated heterocycles. The fourth-order valence-corrected chi connectivity index (χ4v) is 4.46. The molecule has 1 aliphatic rings. The first kappa shape index (κ1) is 24.4. The Hall–Kier alpha value is -4.25. The topological polar surface area (TPSA) is 97.3 Å². The van der Waals surface area contributed by atoms with Crippen LogP contribution in [0.4, 0.5) is 24.7 Å². The number of anilines is 2. The van der Waals surface area contributed by atoms with Crippen LogP contribution in [-0.2, 0) is 13.2 Å². The van der Waals surface area contributed by atoms with Gasteiger partial charge in [-0.05, 0) is 49.2 Å². The fraction of sp³-hybridized carbons (Fsp3) is 0.231. The maximum atomic E-state index is 13.3. The Balaban J connectivity index is 1.59. The maximum absolute atomic E-state index is 13.3. The van der Waals surface area contributed by atoms with Crippen molar-refractivity contribution in [1.29, 1.82) is 0 Å². The Morgan fingerprint density at radius 1 is 1.00 bits per heavy atom. The van der Waals surface area contributed by atoms with Crippen molar-refractivity contribution in [3.05, 3.63) is 82.3 Å². The lowest BCUT2D eigenvalue weighted by Gasteiger charge is -2.20. The van der Waals surface area contributed by atoms with E-state index in [1.165, 1.54) is 35.9 Å². The summed E-state index contributed by atoms with van der Waals surface area (Å²) in [4.78, 5) is 37.5. The molecule has 0 atom stereocenters. The number of halogens is 3. The van der Waals surface area contributed by atoms with Crippen molar-refractivity contribution in [3.8, 4) is 11.4 Å². The first-order valence-corrected chi connectivity index (χ1v) is 11.6. The SMILES string of the molecule is Cn1c(-c2cccc(C(F)(F)F)c2)nc2c(N(N)C(=O)c3cccc(N4CCCC4)n3)cccc2c1=O. The Morgan fingerprint density at radius 2 is 1.70 bits per heavy atom. The van der Waals surface area contributed by atoms with Gasteiger partial charge in [-0.25, -0.2) is 20.8 Å². The van der Waals surface area contributed by atoms with Crippen molar-refractivity contribution in [1.82, 2.24) is 14.5 Å². The molecule has 0 saturated carbocycles. The molecule has 0 aliphatic carbocycles. The predicted octanol–water partition coefficient (Wildman–Crippen LogP) is 4.14. The van der Waals surface area contributed by atoms with E-state index in [-0.39, 0.29) is 33.7 Å². The summed E-state index contributed by atoms with van der Waals surface area (Å²) in [6.07, 6.45) is -2.46. The minimum Gasteiger partial charge on any atom is -0.357 e. The Morgan fingerprint density at radius 3 is 2.43 bits per heavy atom. The lowest BCUT2D eigenvalue weighted by molar-refractivity contribution is -0.137. The Bertz CT molecular complexity index is 1560. The summed E-state index contributed by atoms with van der Waals surface area (Å²) in [5.41, 5.74) is -0.931. The normalized spacial score (nSPS) is 13.8. The van der Waals surface area contributed by atoms with Gasteiger partial charge in [-0.1, -0.05) is 24.3 Å². The van der Waals surface area contributed by atoms with Crippen LogP contribution in [0.1, 0.15) is 28.9 Å². The monoisotopic (exact) mass is 508 g/mol. The number of alkyl halides is 3. The molecular formula is C26H23F3N6O2. The van der Waals surface area contributed by atoms with Gasteiger partial charge in [0.2, 0.25) is 0 Å². The van der Waals surface area contributed by atoms with Crippen LogP contribution in [0.5, 0.6) is 0 Å². The molecular weight excluding hydrogens is 485 g/mol. The molecule has 8 nitrogen and oxygen atoms in total. The van der Waals surface area contributed by atoms with E-state index in [1.807, 2.05) is 6.07 Å². The molecule has 1 amide bonds. The van der Waals surface area contributed by atoms with Gasteiger partial charge < -0.3 is 4.90 Å². The quantitative estimate of drug-likeness (QED) is 0.253. The number of nitrogens with zero attached hydrogens (tertiary/aromatic N) is 5. The molecule has 190 valence electrons. The molecule has 2 aromatic carbocycles. The number of benzene rings is 2. The summed E-state index contributed by atoms with van der Waals surface area (Å²) < 4.78 is 41.1. The smallest absolute Gasteiger partial charge is 0.357 e. The van der Waals surface area contributed by atoms with Crippen LogP contribution in [0, 0.1) is 0 Å². The number of pyridine rings is 1. The lowest BCUT2D eigenvalue weighted by Crippen LogP contribution is -2.38. The molecule has 2 N–H and O–H groups in total. The molecule has 2 aromatic heterocycles. The molecule has 0 radical (unpaired) electrons. The van der Waals surface area contributed by atoms with Gasteiger partial charge in [0.25, 0.3) is 11.5 Å². The number of hydrogen-bond donors (Lipinski definition) is 1. The predicted molar refractivity (Wildman–Crippen MR) is 134 cm³/mol. The summed E-state index contributed by atoms with van der Waals surface area (Å²) in [5.74, 6) is 6.30. The molecule has 0 spiro atoms. The summed E-state index contributed by atoms with van der Waals surface area (Å²) in [5, 5.41) is 1.03. The third-order valence-corrected chi connectivity index (χ3v) is 6.40. The van der Waals surface area contributed by atoms with E-state index in [4.69, 9.17) is 5.84 Å². The van der Waals surface area contributed by atoms with Crippen LogP contribution in [0.2, 0.25) is 0 Å². The molecule has 11 heteroatoms. The van der Waals surface area contributed by atoms with Crippen molar-refractivity contribution in [2.45, 2.75) is 19.0 Å². The minimum atomic E-state index is -4.56. The van der Waals surface area contributed by atoms with E-state index in [9.17, 15) is 22.8 Å². The zero-order valence-electron chi connectivity index (χ0n) is 19.9. The van der Waals surface area contributed by atoms with Crippen molar-refractivity contribution in [2.24, 2.45) is 12.9 Å². The van der Waals surface area contributed by atoms with Gasteiger partial charge in [-0.2, -0.15) is 13.2 Å². The standard InChI is InChI=1S/C26H23F3N6O2/c1-33-23(16-7-4-8-17(15-16)26(27,28)29)32-22-18(24(33)36)9-5-11-20(22)35(30)25(37)19-10-6-12-21(31-19)34-13-2-3-14-34/h4-12,15H,2-3,13-14,30H2,1H3. The number of para-hydroxylation sites is 1. The number of nitrogens with two attached hydrogens (primary N) is 1. The first-order chi connectivity index (χ1) is 17.6. The third-order valence-electron chi connectivity index (χ3n) is 6.40. The molecule has 5 rings (SSSR count). The zero-order chi connectivity index (χ0) is 26.3. The van der Waals surface area contributed by atoms with E-state index >= 15 is 0 Å². The van der Waals surface area contributed by atoms with E-state index in [0.717, 1.165) is 43.1 Å². The highest BCUT2D eigenvalue weighted by atomic mass is 19.4. The third kappa shape index (κ3) is 4.53. The molecule has 37 heavy (non-hydrogen) atoms. The number of carbonyl (C=O) groups is 1. The van der Waals surface area contributed by atoms with Crippen LogP contribution in [0.3, 0.4) is 0 Å². The number of amides is 1. The average Bonchev–Trinajstić information content (AvgIpc) is 3.44. The van der Waals surface area contributed by atoms with Gasteiger partial charge in [-0.3, -0.25) is 14.2 Å². The van der Waals surface area contributed by atoms with Gasteiger partial charge in [-0.15, -0.1) is 0 Å². The molecule has 3 heterocycles. The Labute approximate surface area is 209 Å². The van der Waals surface area contributed by atoms with Gasteiger partial charge in [0.15, 0.2) is 0 Å². The first-order valence-electron chi connectivity index (χ1n) is 11.6. The lowest BCUT2D eigenvalue weighted by atomic mass is 10.1. The van der Waals surface area contributed by atoms with Crippen LogP contribution >= 0.6 is 0 Å². The molecule has 1 aliphatic heterocycles. The van der Waals surface area contributed by atoms with Gasteiger partial charge in [0.1, 0.15) is 22.9 Å². The van der Waals surface area contributed by atoms with Crippen molar-refractivity contribution in [2.75, 3.05) is 23.0 Å². The summed E-state index contributed by atoms with van der Waals surface area (Å²) in [6, 6.07) is 14.3. The van der Waals surface area contributed by atoms with E-state index in [0.29, 0.717) is 5.82 Å². The molecule has 0 bridgehead atoms. The summed E-state index contributed by atoms with van der Waals surface area (Å²) in [6.45, 7) is 1.71. The highest BCUT2D eigenvalue weighted by Gasteiger charge is 2.31. The number of carbonyl (C=O) groups excluding carboxylic acids is 1. The second kappa shape index (κ2) is 9.32. The van der Waals surface area contributed by atoms with Crippen molar-refractivity contribution in [3.63, 3.8) is 0 Å². The number of hydrazine groups is 1. The van der Waals surface area contributed by atoms with Crippen molar-refractivity contribution < 1.29 is 18.0 Å². The van der Waals surface area contributed by atoms with Crippen LogP contribution in [-0.4, -0.2) is 33.5 Å². The Kier molecular flexibility index (Phi) is 6.16. The maximum Gasteiger partial charge on any atom is 0.416 e. The summed E-state index contributed by atoms with van der Waals surface area (Å²) >= 11 is 0. The van der Waals surface area contributed by atoms with Crippen molar-refractivity contribution >= 4 is 28.3 Å². The number of fused-ring (bicyclic) bond motifs is 1. The highest BCUT2D eigenvalue weighted by molar-refractivity contribution is 6.08. The number of rotatable bonds is 4. The molecule has 0 unspecified atom stereocenters. The molecule has 1 fully saturated rings. The largest absolute Gasteiger partial charge is 0.416 e. The average molecular weight is 509 g/mol. The highest BCUT2D eigenvalue weighted by Crippen LogP contribution is 2.32. The second-order valence-corrected chi connectivity index (χ2v) is 8.80. The number of aromatic nitrogens is 3. The van der Waals surface area contributed by atoms with Gasteiger partial charge in [0, 0.05) is 25.7 Å². The second-order valence-electron chi connectivity index (χ2n) is 8.80. The van der Waals surface area contributed by atoms with E-state index in [1.54, 1.807) is 18.2 Å². The van der Waals surface area contributed by atoms with E-state index in [2.05, 4.69) is 14.9 Å². The molecule has 4 aromatic rings. The number of hydrogen-bond acceptors (Lipinski definition) is 6. The van der Waals surface area contributed by atoms with Gasteiger partial charge in [0.05, 0.1) is 16.6 Å². The van der Waals surface area contributed by atoms with Crippen LogP contribution in [0.15, 0.2) is 65.5 Å².